The third kappa shape index (κ3) is 3.96. The highest BCUT2D eigenvalue weighted by atomic mass is 32.2. The van der Waals surface area contributed by atoms with Gasteiger partial charge in [-0.2, -0.15) is 0 Å². The molecule has 0 saturated carbocycles. The maximum Gasteiger partial charge on any atom is 0.265 e. The van der Waals surface area contributed by atoms with E-state index in [0.717, 1.165) is 28.0 Å². The van der Waals surface area contributed by atoms with Gasteiger partial charge in [-0.3, -0.25) is 4.79 Å². The molecule has 142 valence electrons. The van der Waals surface area contributed by atoms with Crippen LogP contribution in [0.3, 0.4) is 0 Å². The Morgan fingerprint density at radius 1 is 1.19 bits per heavy atom. The standard InChI is InChI=1S/C19H20N2O4S2/c1-11-5-6-15(12(2)9-11)10-16(22)18-17(7-8-26-18)27(23,24)21-19-13(3)14(4)20-25-19/h5-9,21H,10H2,1-4H3. The van der Waals surface area contributed by atoms with Gasteiger partial charge < -0.3 is 4.52 Å². The Labute approximate surface area is 162 Å². The van der Waals surface area contributed by atoms with Crippen LogP contribution in [0.5, 0.6) is 0 Å². The van der Waals surface area contributed by atoms with Gasteiger partial charge in [0.1, 0.15) is 4.90 Å². The minimum absolute atomic E-state index is 0.0456. The van der Waals surface area contributed by atoms with Gasteiger partial charge in [0.25, 0.3) is 10.0 Å². The number of Topliss-reactive ketones (excluding diaryl/α,β-unsaturated/α-hetero) is 1. The van der Waals surface area contributed by atoms with Gasteiger partial charge in [0.15, 0.2) is 5.78 Å². The highest BCUT2D eigenvalue weighted by molar-refractivity contribution is 7.93. The predicted molar refractivity (Wildman–Crippen MR) is 105 cm³/mol. The van der Waals surface area contributed by atoms with Gasteiger partial charge in [0, 0.05) is 12.0 Å². The van der Waals surface area contributed by atoms with Crippen molar-refractivity contribution in [3.63, 3.8) is 0 Å². The number of benzene rings is 1. The summed E-state index contributed by atoms with van der Waals surface area (Å²) in [5.41, 5.74) is 4.22. The minimum Gasteiger partial charge on any atom is -0.337 e. The number of anilines is 1. The molecule has 0 radical (unpaired) electrons. The molecule has 0 aliphatic rings. The first kappa shape index (κ1) is 19.3. The summed E-state index contributed by atoms with van der Waals surface area (Å²) in [6.45, 7) is 7.36. The molecule has 3 aromatic rings. The molecule has 27 heavy (non-hydrogen) atoms. The van der Waals surface area contributed by atoms with E-state index in [1.165, 1.54) is 6.07 Å². The van der Waals surface area contributed by atoms with Crippen molar-refractivity contribution in [1.82, 2.24) is 5.16 Å². The molecule has 6 nitrogen and oxygen atoms in total. The van der Waals surface area contributed by atoms with Crippen molar-refractivity contribution in [3.8, 4) is 0 Å². The molecule has 2 heterocycles. The number of aryl methyl sites for hydroxylation is 3. The monoisotopic (exact) mass is 404 g/mol. The number of thiophene rings is 1. The SMILES string of the molecule is Cc1ccc(CC(=O)c2sccc2S(=O)(=O)Nc2onc(C)c2C)c(C)c1. The third-order valence-corrected chi connectivity index (χ3v) is 6.86. The third-order valence-electron chi connectivity index (χ3n) is 4.41. The molecule has 0 bridgehead atoms. The zero-order valence-electron chi connectivity index (χ0n) is 15.5. The average Bonchev–Trinajstić information content (AvgIpc) is 3.20. The molecule has 0 amide bonds. The fourth-order valence-corrected chi connectivity index (χ4v) is 5.13. The van der Waals surface area contributed by atoms with E-state index in [2.05, 4.69) is 9.88 Å². The Bertz CT molecular complexity index is 1110. The average molecular weight is 405 g/mol. The minimum atomic E-state index is -3.96. The van der Waals surface area contributed by atoms with Crippen LogP contribution in [0.1, 0.15) is 37.6 Å². The number of nitrogens with zero attached hydrogens (tertiary/aromatic N) is 1. The lowest BCUT2D eigenvalue weighted by Crippen LogP contribution is -2.16. The smallest absolute Gasteiger partial charge is 0.265 e. The van der Waals surface area contributed by atoms with E-state index in [-0.39, 0.29) is 27.9 Å². The van der Waals surface area contributed by atoms with Crippen molar-refractivity contribution < 1.29 is 17.7 Å². The van der Waals surface area contributed by atoms with Crippen molar-refractivity contribution >= 4 is 33.0 Å². The topological polar surface area (TPSA) is 89.3 Å². The number of ketones is 1. The van der Waals surface area contributed by atoms with Crippen LogP contribution < -0.4 is 4.72 Å². The lowest BCUT2D eigenvalue weighted by atomic mass is 10.0. The predicted octanol–water partition coefficient (Wildman–Crippen LogP) is 4.20. The maximum absolute atomic E-state index is 12.8. The summed E-state index contributed by atoms with van der Waals surface area (Å²) in [5.74, 6) is -0.172. The molecule has 0 spiro atoms. The van der Waals surface area contributed by atoms with E-state index >= 15 is 0 Å². The molecule has 0 aliphatic heterocycles. The molecular formula is C19H20N2O4S2. The largest absolute Gasteiger partial charge is 0.337 e. The molecule has 0 unspecified atom stereocenters. The Hall–Kier alpha value is -2.45. The second-order valence-corrected chi connectivity index (χ2v) is 9.04. The normalized spacial score (nSPS) is 11.6. The van der Waals surface area contributed by atoms with Crippen molar-refractivity contribution in [2.24, 2.45) is 0 Å². The highest BCUT2D eigenvalue weighted by Gasteiger charge is 2.26. The number of nitrogens with one attached hydrogen (secondary N) is 1. The van der Waals surface area contributed by atoms with Crippen LogP contribution in [0, 0.1) is 27.7 Å². The molecule has 1 aromatic carbocycles. The Morgan fingerprint density at radius 3 is 2.56 bits per heavy atom. The lowest BCUT2D eigenvalue weighted by molar-refractivity contribution is 0.0994. The van der Waals surface area contributed by atoms with Crippen LogP contribution in [0.4, 0.5) is 5.88 Å². The molecule has 2 aromatic heterocycles. The molecule has 1 N–H and O–H groups in total. The zero-order valence-corrected chi connectivity index (χ0v) is 17.1. The van der Waals surface area contributed by atoms with Gasteiger partial charge in [0.2, 0.25) is 5.88 Å². The van der Waals surface area contributed by atoms with Crippen molar-refractivity contribution in [2.75, 3.05) is 4.72 Å². The molecule has 3 rings (SSSR count). The Balaban J connectivity index is 1.88. The van der Waals surface area contributed by atoms with Gasteiger partial charge in [-0.05, 0) is 50.3 Å². The van der Waals surface area contributed by atoms with Crippen LogP contribution in [0.25, 0.3) is 0 Å². The second-order valence-electron chi connectivity index (χ2n) is 6.47. The van der Waals surface area contributed by atoms with E-state index in [1.54, 1.807) is 19.2 Å². The molecule has 0 aliphatic carbocycles. The van der Waals surface area contributed by atoms with Crippen molar-refractivity contribution in [2.45, 2.75) is 39.0 Å². The summed E-state index contributed by atoms with van der Waals surface area (Å²) >= 11 is 1.12. The number of sulfonamides is 1. The second kappa shape index (κ2) is 7.28. The van der Waals surface area contributed by atoms with Gasteiger partial charge >= 0.3 is 0 Å². The van der Waals surface area contributed by atoms with Crippen LogP contribution in [-0.4, -0.2) is 19.4 Å². The molecule has 8 heteroatoms. The van der Waals surface area contributed by atoms with E-state index in [0.29, 0.717) is 11.3 Å². The lowest BCUT2D eigenvalue weighted by Gasteiger charge is -2.08. The van der Waals surface area contributed by atoms with Crippen molar-refractivity contribution in [1.29, 1.82) is 0 Å². The number of hydrogen-bond donors (Lipinski definition) is 1. The maximum atomic E-state index is 12.8. The number of carbonyl (C=O) groups excluding carboxylic acids is 1. The van der Waals surface area contributed by atoms with Gasteiger partial charge in [-0.25, -0.2) is 13.1 Å². The first-order chi connectivity index (χ1) is 12.7. The van der Waals surface area contributed by atoms with Crippen LogP contribution in [0.15, 0.2) is 39.1 Å². The van der Waals surface area contributed by atoms with E-state index in [4.69, 9.17) is 4.52 Å². The van der Waals surface area contributed by atoms with E-state index < -0.39 is 10.0 Å². The molecule has 0 saturated heterocycles. The summed E-state index contributed by atoms with van der Waals surface area (Å²) < 4.78 is 33.0. The summed E-state index contributed by atoms with van der Waals surface area (Å²) in [5, 5.41) is 5.35. The highest BCUT2D eigenvalue weighted by Crippen LogP contribution is 2.28. The Morgan fingerprint density at radius 2 is 1.93 bits per heavy atom. The van der Waals surface area contributed by atoms with Gasteiger partial charge in [-0.15, -0.1) is 11.3 Å². The quantitative estimate of drug-likeness (QED) is 0.622. The van der Waals surface area contributed by atoms with Crippen LogP contribution >= 0.6 is 11.3 Å². The number of aromatic nitrogens is 1. The van der Waals surface area contributed by atoms with Crippen molar-refractivity contribution in [3.05, 3.63) is 62.5 Å². The number of rotatable bonds is 6. The van der Waals surface area contributed by atoms with Crippen LogP contribution in [0.2, 0.25) is 0 Å². The fraction of sp³-hybridized carbons (Fsp3) is 0.263. The zero-order chi connectivity index (χ0) is 19.8. The molecule has 0 fully saturated rings. The summed E-state index contributed by atoms with van der Waals surface area (Å²) in [7, 11) is -3.96. The Kier molecular flexibility index (Phi) is 5.21. The van der Waals surface area contributed by atoms with Crippen LogP contribution in [-0.2, 0) is 16.4 Å². The first-order valence-corrected chi connectivity index (χ1v) is 10.7. The first-order valence-electron chi connectivity index (χ1n) is 8.31. The number of hydrogen-bond acceptors (Lipinski definition) is 6. The van der Waals surface area contributed by atoms with E-state index in [1.807, 2.05) is 32.0 Å². The van der Waals surface area contributed by atoms with Gasteiger partial charge in [-0.1, -0.05) is 28.9 Å². The van der Waals surface area contributed by atoms with Gasteiger partial charge in [0.05, 0.1) is 10.6 Å². The molecular weight excluding hydrogens is 384 g/mol. The van der Waals surface area contributed by atoms with E-state index in [9.17, 15) is 13.2 Å². The summed E-state index contributed by atoms with van der Waals surface area (Å²) in [6, 6.07) is 7.29. The number of carbonyl (C=O) groups is 1. The fourth-order valence-electron chi connectivity index (χ4n) is 2.70. The molecule has 0 atom stereocenters. The summed E-state index contributed by atoms with van der Waals surface area (Å²) in [4.78, 5) is 12.9. The summed E-state index contributed by atoms with van der Waals surface area (Å²) in [6.07, 6.45) is 0.148.